The molecule has 3 aromatic carbocycles. The lowest BCUT2D eigenvalue weighted by molar-refractivity contribution is -0.135. The van der Waals surface area contributed by atoms with Crippen LogP contribution >= 0.6 is 0 Å². The van der Waals surface area contributed by atoms with Crippen LogP contribution < -0.4 is 8.61 Å². The third-order valence-electron chi connectivity index (χ3n) is 6.39. The van der Waals surface area contributed by atoms with Crippen LogP contribution in [0.3, 0.4) is 0 Å². The molecule has 4 aromatic rings. The second-order valence-electron chi connectivity index (χ2n) is 9.53. The Labute approximate surface area is 262 Å². The van der Waals surface area contributed by atoms with Gasteiger partial charge in [0, 0.05) is 16.3 Å². The number of hydrogen-bond acceptors (Lipinski definition) is 8. The molecule has 0 aliphatic rings. The lowest BCUT2D eigenvalue weighted by Gasteiger charge is -2.28. The smallest absolute Gasteiger partial charge is 0.454 e. The van der Waals surface area contributed by atoms with Gasteiger partial charge < -0.3 is 5.11 Å². The van der Waals surface area contributed by atoms with Crippen molar-refractivity contribution in [3.63, 3.8) is 0 Å². The van der Waals surface area contributed by atoms with Crippen LogP contribution in [-0.2, 0) is 24.8 Å². The molecule has 0 aliphatic carbocycles. The zero-order chi connectivity index (χ0) is 34.9. The van der Waals surface area contributed by atoms with E-state index in [4.69, 9.17) is 5.26 Å². The third kappa shape index (κ3) is 7.28. The van der Waals surface area contributed by atoms with E-state index in [-0.39, 0.29) is 20.6 Å². The number of carboxylic acid groups (broad SMARTS) is 1. The van der Waals surface area contributed by atoms with Crippen molar-refractivity contribution in [2.24, 2.45) is 0 Å². The fourth-order valence-corrected chi connectivity index (χ4v) is 7.16. The lowest BCUT2D eigenvalue weighted by atomic mass is 10.1. The first-order chi connectivity index (χ1) is 21.8. The van der Waals surface area contributed by atoms with Crippen molar-refractivity contribution in [1.82, 2.24) is 4.98 Å². The normalized spacial score (nSPS) is 12.4. The number of halogens is 6. The van der Waals surface area contributed by atoms with Gasteiger partial charge in [-0.05, 0) is 48.5 Å². The van der Waals surface area contributed by atoms with Crippen LogP contribution in [0.25, 0.3) is 10.8 Å². The molecule has 0 bridgehead atoms. The Hall–Kier alpha value is -5.22. The van der Waals surface area contributed by atoms with Crippen molar-refractivity contribution >= 4 is 54.1 Å². The number of aliphatic carboxylic acids is 1. The number of nitriles is 1. The molecule has 246 valence electrons. The van der Waals surface area contributed by atoms with Gasteiger partial charge in [0.25, 0.3) is 25.8 Å². The molecule has 19 heteroatoms. The second kappa shape index (κ2) is 12.5. The summed E-state index contributed by atoms with van der Waals surface area (Å²) in [5, 5.41) is 17.9. The minimum atomic E-state index is -5.31. The number of fused-ring (bicyclic) bond motifs is 1. The first kappa shape index (κ1) is 34.6. The predicted octanol–water partition coefficient (Wildman–Crippen LogP) is 4.89. The quantitative estimate of drug-likeness (QED) is 0.179. The zero-order valence-electron chi connectivity index (χ0n) is 23.2. The van der Waals surface area contributed by atoms with Crippen LogP contribution in [0.5, 0.6) is 0 Å². The van der Waals surface area contributed by atoms with E-state index < -0.39 is 84.1 Å². The maximum absolute atomic E-state index is 13.8. The van der Waals surface area contributed by atoms with E-state index in [0.29, 0.717) is 34.8 Å². The van der Waals surface area contributed by atoms with Crippen molar-refractivity contribution in [2.75, 3.05) is 21.7 Å². The molecule has 0 fully saturated rings. The standard InChI is InChI=1S/C28H18F6N4O7S2/c29-27(30,31)16-38(47(44,45)20-11-7-18(8-12-20)25(41)28(32,33)34)23-14-36-26(22-4-2-1-3-21(22)23)37(15-24(39)40)46(42,43)19-9-5-17(13-35)6-10-19/h1-12,14H,15-16H2,(H,39,40). The lowest BCUT2D eigenvalue weighted by Crippen LogP contribution is -2.40. The molecule has 0 atom stereocenters. The molecule has 1 aromatic heterocycles. The molecule has 1 heterocycles. The van der Waals surface area contributed by atoms with Gasteiger partial charge in [0.1, 0.15) is 13.1 Å². The SMILES string of the molecule is N#Cc1ccc(S(=O)(=O)N(CC(=O)O)c2ncc(N(CC(F)(F)F)S(=O)(=O)c3ccc(C(=O)C(F)(F)F)cc3)c3ccccc23)cc1. The Balaban J connectivity index is 1.91. The highest BCUT2D eigenvalue weighted by Gasteiger charge is 2.41. The fourth-order valence-electron chi connectivity index (χ4n) is 4.32. The van der Waals surface area contributed by atoms with Gasteiger partial charge in [0.05, 0.1) is 33.3 Å². The van der Waals surface area contributed by atoms with E-state index in [0.717, 1.165) is 36.4 Å². The number of hydrogen-bond donors (Lipinski definition) is 1. The van der Waals surface area contributed by atoms with Gasteiger partial charge >= 0.3 is 18.3 Å². The maximum atomic E-state index is 13.8. The summed E-state index contributed by atoms with van der Waals surface area (Å²) in [7, 11) is -10.0. The first-order valence-corrected chi connectivity index (χ1v) is 15.6. The van der Waals surface area contributed by atoms with Gasteiger partial charge in [-0.3, -0.25) is 13.9 Å². The fraction of sp³-hybridized carbons (Fsp3) is 0.143. The molecular weight excluding hydrogens is 682 g/mol. The summed E-state index contributed by atoms with van der Waals surface area (Å²) < 4.78 is 134. The van der Waals surface area contributed by atoms with Crippen LogP contribution in [0.1, 0.15) is 15.9 Å². The molecule has 0 spiro atoms. The number of carboxylic acids is 1. The maximum Gasteiger partial charge on any atom is 0.454 e. The number of nitrogens with zero attached hydrogens (tertiary/aromatic N) is 4. The molecule has 0 radical (unpaired) electrons. The summed E-state index contributed by atoms with van der Waals surface area (Å²) in [6.07, 6.45) is -9.93. The minimum absolute atomic E-state index is 0.0780. The average molecular weight is 701 g/mol. The zero-order valence-corrected chi connectivity index (χ0v) is 24.8. The van der Waals surface area contributed by atoms with Crippen LogP contribution in [0.2, 0.25) is 0 Å². The van der Waals surface area contributed by atoms with E-state index in [1.807, 2.05) is 0 Å². The van der Waals surface area contributed by atoms with E-state index >= 15 is 0 Å². The van der Waals surface area contributed by atoms with Crippen LogP contribution in [-0.4, -0.2) is 64.1 Å². The van der Waals surface area contributed by atoms with Crippen molar-refractivity contribution < 1.29 is 57.9 Å². The average Bonchev–Trinajstić information content (AvgIpc) is 3.01. The number of anilines is 2. The Kier molecular flexibility index (Phi) is 9.23. The first-order valence-electron chi connectivity index (χ1n) is 12.7. The third-order valence-corrected chi connectivity index (χ3v) is 9.92. The van der Waals surface area contributed by atoms with E-state index in [2.05, 4.69) is 4.98 Å². The van der Waals surface area contributed by atoms with E-state index in [1.54, 1.807) is 6.07 Å². The Morgan fingerprint density at radius 3 is 1.79 bits per heavy atom. The number of Topliss-reactive ketones (excluding diaryl/α,β-unsaturated/α-hetero) is 1. The minimum Gasteiger partial charge on any atom is -0.480 e. The molecule has 0 amide bonds. The summed E-state index contributed by atoms with van der Waals surface area (Å²) in [4.78, 5) is 25.8. The summed E-state index contributed by atoms with van der Waals surface area (Å²) in [5.41, 5.74) is -1.64. The van der Waals surface area contributed by atoms with Gasteiger partial charge in [-0.15, -0.1) is 0 Å². The highest BCUT2D eigenvalue weighted by atomic mass is 32.2. The summed E-state index contributed by atoms with van der Waals surface area (Å²) in [6.45, 7) is -3.40. The number of benzene rings is 3. The van der Waals surface area contributed by atoms with Crippen molar-refractivity contribution in [3.8, 4) is 6.07 Å². The molecule has 1 N–H and O–H groups in total. The number of sulfonamides is 2. The molecule has 47 heavy (non-hydrogen) atoms. The summed E-state index contributed by atoms with van der Waals surface area (Å²) in [5.74, 6) is -4.58. The molecule has 11 nitrogen and oxygen atoms in total. The number of pyridine rings is 1. The molecule has 0 saturated carbocycles. The van der Waals surface area contributed by atoms with Gasteiger partial charge in [-0.2, -0.15) is 31.6 Å². The van der Waals surface area contributed by atoms with Crippen molar-refractivity contribution in [1.29, 1.82) is 5.26 Å². The van der Waals surface area contributed by atoms with E-state index in [9.17, 15) is 57.9 Å². The number of ketones is 1. The second-order valence-corrected chi connectivity index (χ2v) is 13.3. The van der Waals surface area contributed by atoms with Gasteiger partial charge in [-0.1, -0.05) is 24.3 Å². The Bertz CT molecular complexity index is 2110. The van der Waals surface area contributed by atoms with Crippen LogP contribution in [0, 0.1) is 11.3 Å². The molecule has 0 unspecified atom stereocenters. The van der Waals surface area contributed by atoms with Crippen LogP contribution in [0.15, 0.2) is 88.8 Å². The largest absolute Gasteiger partial charge is 0.480 e. The Morgan fingerprint density at radius 2 is 1.30 bits per heavy atom. The van der Waals surface area contributed by atoms with Crippen molar-refractivity contribution in [3.05, 3.63) is 90.1 Å². The number of rotatable bonds is 10. The highest BCUT2D eigenvalue weighted by Crippen LogP contribution is 2.38. The topological polar surface area (TPSA) is 166 Å². The van der Waals surface area contributed by atoms with Gasteiger partial charge in [0.15, 0.2) is 5.82 Å². The number of alkyl halides is 6. The van der Waals surface area contributed by atoms with Gasteiger partial charge in [0.2, 0.25) is 0 Å². The number of carbonyl (C=O) groups excluding carboxylic acids is 1. The van der Waals surface area contributed by atoms with Crippen molar-refractivity contribution in [2.45, 2.75) is 22.1 Å². The number of carbonyl (C=O) groups is 2. The molecule has 4 rings (SSSR count). The van der Waals surface area contributed by atoms with E-state index in [1.165, 1.54) is 12.1 Å². The van der Waals surface area contributed by atoms with Crippen LogP contribution in [0.4, 0.5) is 37.8 Å². The summed E-state index contributed by atoms with van der Waals surface area (Å²) >= 11 is 0. The summed E-state index contributed by atoms with van der Waals surface area (Å²) in [6, 6.07) is 12.9. The van der Waals surface area contributed by atoms with Gasteiger partial charge in [-0.25, -0.2) is 26.1 Å². The highest BCUT2D eigenvalue weighted by molar-refractivity contribution is 7.93. The monoisotopic (exact) mass is 700 g/mol. The molecular formula is C28H18F6N4O7S2. The predicted molar refractivity (Wildman–Crippen MR) is 152 cm³/mol. The Morgan fingerprint density at radius 1 is 0.787 bits per heavy atom. The molecule has 0 saturated heterocycles. The molecule has 0 aliphatic heterocycles. The number of aromatic nitrogens is 1.